The number of nitrogens with zero attached hydrogens (tertiary/aromatic N) is 1. The Morgan fingerprint density at radius 3 is 2.74 bits per heavy atom. The topological polar surface area (TPSA) is 64.1 Å². The zero-order valence-electron chi connectivity index (χ0n) is 9.65. The van der Waals surface area contributed by atoms with Gasteiger partial charge in [-0.25, -0.2) is 0 Å². The Labute approximate surface area is 126 Å². The number of nitrogen functional groups attached to an aromatic ring is 1. The number of nitrogens with one attached hydrogen (secondary N) is 1. The summed E-state index contributed by atoms with van der Waals surface area (Å²) in [5.41, 5.74) is 8.68. The molecule has 4 nitrogen and oxygen atoms in total. The van der Waals surface area contributed by atoms with E-state index in [1.165, 1.54) is 0 Å². The number of hydrogen-bond donors (Lipinski definition) is 2. The fraction of sp³-hybridized carbons (Fsp3) is 0. The minimum Gasteiger partial charge on any atom is -0.423 e. The first-order valence-electron chi connectivity index (χ1n) is 5.50. The molecule has 6 heteroatoms. The van der Waals surface area contributed by atoms with Crippen LogP contribution in [0.2, 0.25) is 0 Å². The van der Waals surface area contributed by atoms with Crippen molar-refractivity contribution >= 4 is 60.3 Å². The molecule has 1 heterocycles. The van der Waals surface area contributed by atoms with E-state index >= 15 is 0 Å². The number of halogens is 2. The number of anilines is 3. The summed E-state index contributed by atoms with van der Waals surface area (Å²) in [4.78, 5) is 4.34. The van der Waals surface area contributed by atoms with Gasteiger partial charge in [0.15, 0.2) is 5.58 Å². The van der Waals surface area contributed by atoms with E-state index in [1.54, 1.807) is 18.2 Å². The molecule has 1 aromatic heterocycles. The van der Waals surface area contributed by atoms with Gasteiger partial charge in [-0.1, -0.05) is 15.9 Å². The molecule has 0 aliphatic heterocycles. The Balaban J connectivity index is 1.96. The van der Waals surface area contributed by atoms with E-state index in [-0.39, 0.29) is 0 Å². The molecule has 3 rings (SSSR count). The van der Waals surface area contributed by atoms with Crippen molar-refractivity contribution in [2.24, 2.45) is 0 Å². The molecule has 0 spiro atoms. The summed E-state index contributed by atoms with van der Waals surface area (Å²) in [6, 6.07) is 11.6. The summed E-state index contributed by atoms with van der Waals surface area (Å²) < 4.78 is 7.52. The van der Waals surface area contributed by atoms with Gasteiger partial charge in [0.2, 0.25) is 0 Å². The fourth-order valence-electron chi connectivity index (χ4n) is 1.70. The molecule has 19 heavy (non-hydrogen) atoms. The van der Waals surface area contributed by atoms with Crippen LogP contribution in [-0.2, 0) is 0 Å². The molecule has 3 aromatic rings. The smallest absolute Gasteiger partial charge is 0.300 e. The summed E-state index contributed by atoms with van der Waals surface area (Å²) in [5, 5.41) is 3.12. The summed E-state index contributed by atoms with van der Waals surface area (Å²) >= 11 is 6.89. The van der Waals surface area contributed by atoms with Crippen LogP contribution >= 0.6 is 31.9 Å². The zero-order valence-corrected chi connectivity index (χ0v) is 12.8. The van der Waals surface area contributed by atoms with Crippen molar-refractivity contribution < 1.29 is 4.42 Å². The van der Waals surface area contributed by atoms with Gasteiger partial charge in [0, 0.05) is 14.6 Å². The van der Waals surface area contributed by atoms with E-state index in [0.29, 0.717) is 17.3 Å². The van der Waals surface area contributed by atoms with Crippen LogP contribution in [0, 0.1) is 0 Å². The van der Waals surface area contributed by atoms with Gasteiger partial charge in [0.1, 0.15) is 5.52 Å². The number of nitrogens with two attached hydrogens (primary N) is 1. The lowest BCUT2D eigenvalue weighted by Gasteiger charge is -2.04. The van der Waals surface area contributed by atoms with Gasteiger partial charge >= 0.3 is 0 Å². The molecule has 3 N–H and O–H groups in total. The van der Waals surface area contributed by atoms with Crippen LogP contribution in [0.1, 0.15) is 0 Å². The average Bonchev–Trinajstić information content (AvgIpc) is 2.74. The molecule has 0 aliphatic carbocycles. The molecule has 0 amide bonds. The van der Waals surface area contributed by atoms with E-state index in [1.807, 2.05) is 18.2 Å². The summed E-state index contributed by atoms with van der Waals surface area (Å²) in [6.45, 7) is 0. The van der Waals surface area contributed by atoms with E-state index in [4.69, 9.17) is 10.2 Å². The first kappa shape index (κ1) is 12.5. The van der Waals surface area contributed by atoms with Crippen molar-refractivity contribution in [3.05, 3.63) is 45.3 Å². The summed E-state index contributed by atoms with van der Waals surface area (Å²) in [7, 11) is 0. The van der Waals surface area contributed by atoms with Crippen molar-refractivity contribution in [1.82, 2.24) is 4.98 Å². The molecule has 0 aliphatic rings. The Morgan fingerprint density at radius 1 is 1.11 bits per heavy atom. The Bertz CT molecular complexity index is 755. The maximum Gasteiger partial charge on any atom is 0.300 e. The van der Waals surface area contributed by atoms with E-state index < -0.39 is 0 Å². The predicted molar refractivity (Wildman–Crippen MR) is 83.5 cm³/mol. The number of hydrogen-bond acceptors (Lipinski definition) is 4. The summed E-state index contributed by atoms with van der Waals surface area (Å²) in [6.07, 6.45) is 0. The number of oxazole rings is 1. The number of aromatic nitrogens is 1. The highest BCUT2D eigenvalue weighted by molar-refractivity contribution is 9.11. The van der Waals surface area contributed by atoms with Gasteiger partial charge in [0.25, 0.3) is 6.01 Å². The second kappa shape index (κ2) is 4.86. The Hall–Kier alpha value is -1.53. The first-order valence-corrected chi connectivity index (χ1v) is 7.08. The molecule has 0 saturated heterocycles. The third-order valence-electron chi connectivity index (χ3n) is 2.58. The van der Waals surface area contributed by atoms with Crippen LogP contribution in [0.15, 0.2) is 49.8 Å². The van der Waals surface area contributed by atoms with Crippen LogP contribution in [0.25, 0.3) is 11.1 Å². The Morgan fingerprint density at radius 2 is 1.95 bits per heavy atom. The maximum absolute atomic E-state index is 5.71. The second-order valence-electron chi connectivity index (χ2n) is 4.00. The van der Waals surface area contributed by atoms with Crippen LogP contribution in [-0.4, -0.2) is 4.98 Å². The highest BCUT2D eigenvalue weighted by Crippen LogP contribution is 2.30. The van der Waals surface area contributed by atoms with Gasteiger partial charge in [0.05, 0.1) is 5.69 Å². The van der Waals surface area contributed by atoms with Crippen molar-refractivity contribution in [3.8, 4) is 0 Å². The molecule has 0 radical (unpaired) electrons. The lowest BCUT2D eigenvalue weighted by Crippen LogP contribution is -1.91. The normalized spacial score (nSPS) is 10.8. The number of benzene rings is 2. The first-order chi connectivity index (χ1) is 9.11. The minimum absolute atomic E-state index is 0.434. The largest absolute Gasteiger partial charge is 0.423 e. The lowest BCUT2D eigenvalue weighted by molar-refractivity contribution is 0.623. The number of rotatable bonds is 2. The lowest BCUT2D eigenvalue weighted by atomic mass is 10.3. The van der Waals surface area contributed by atoms with E-state index in [2.05, 4.69) is 42.2 Å². The molecule has 0 unspecified atom stereocenters. The summed E-state index contributed by atoms with van der Waals surface area (Å²) in [5.74, 6) is 0. The molecule has 0 bridgehead atoms. The van der Waals surface area contributed by atoms with Crippen molar-refractivity contribution in [2.45, 2.75) is 0 Å². The second-order valence-corrected chi connectivity index (χ2v) is 5.77. The van der Waals surface area contributed by atoms with Crippen molar-refractivity contribution in [1.29, 1.82) is 0 Å². The molecular formula is C13H9Br2N3O. The predicted octanol–water partition coefficient (Wildman–Crippen LogP) is 4.68. The molecule has 0 saturated carbocycles. The quantitative estimate of drug-likeness (QED) is 0.631. The van der Waals surface area contributed by atoms with Gasteiger partial charge < -0.3 is 15.5 Å². The van der Waals surface area contributed by atoms with Crippen LogP contribution in [0.5, 0.6) is 0 Å². The maximum atomic E-state index is 5.71. The fourth-order valence-corrected chi connectivity index (χ4v) is 2.85. The van der Waals surface area contributed by atoms with E-state index in [9.17, 15) is 0 Å². The van der Waals surface area contributed by atoms with Crippen LogP contribution in [0.3, 0.4) is 0 Å². The standard InChI is InChI=1S/C13H9Br2N3O/c14-7-1-3-10(9(15)5-7)17-13-18-11-6-8(16)2-4-12(11)19-13/h1-6H,16H2,(H,17,18). The van der Waals surface area contributed by atoms with Gasteiger partial charge in [-0.05, 0) is 52.3 Å². The number of fused-ring (bicyclic) bond motifs is 1. The monoisotopic (exact) mass is 381 g/mol. The minimum atomic E-state index is 0.434. The highest BCUT2D eigenvalue weighted by atomic mass is 79.9. The third-order valence-corrected chi connectivity index (χ3v) is 3.73. The van der Waals surface area contributed by atoms with Crippen LogP contribution < -0.4 is 11.1 Å². The highest BCUT2D eigenvalue weighted by Gasteiger charge is 2.08. The van der Waals surface area contributed by atoms with Crippen molar-refractivity contribution in [3.63, 3.8) is 0 Å². The molecule has 0 fully saturated rings. The average molecular weight is 383 g/mol. The van der Waals surface area contributed by atoms with Gasteiger partial charge in [-0.3, -0.25) is 0 Å². The van der Waals surface area contributed by atoms with Crippen molar-refractivity contribution in [2.75, 3.05) is 11.1 Å². The van der Waals surface area contributed by atoms with E-state index in [0.717, 1.165) is 20.1 Å². The van der Waals surface area contributed by atoms with Gasteiger partial charge in [-0.2, -0.15) is 4.98 Å². The molecular weight excluding hydrogens is 374 g/mol. The zero-order chi connectivity index (χ0) is 13.4. The van der Waals surface area contributed by atoms with Gasteiger partial charge in [-0.15, -0.1) is 0 Å². The Kier molecular flexibility index (Phi) is 3.20. The third kappa shape index (κ3) is 2.59. The molecule has 0 atom stereocenters. The molecule has 2 aromatic carbocycles. The van der Waals surface area contributed by atoms with Crippen LogP contribution in [0.4, 0.5) is 17.4 Å². The SMILES string of the molecule is Nc1ccc2oc(Nc3ccc(Br)cc3Br)nc2c1. The molecule has 96 valence electrons.